The number of nitrogens with two attached hydrogens (primary N) is 1. The number of hydrogen-bond donors (Lipinski definition) is 2. The molecule has 0 fully saturated rings. The molecule has 120 valence electrons. The minimum absolute atomic E-state index is 0.0381. The quantitative estimate of drug-likeness (QED) is 0.895. The van der Waals surface area contributed by atoms with Gasteiger partial charge in [0.15, 0.2) is 5.13 Å². The second kappa shape index (κ2) is 5.98. The van der Waals surface area contributed by atoms with Crippen LogP contribution in [0.2, 0.25) is 0 Å². The number of rotatable bonds is 3. The molecule has 3 amide bonds. The minimum Gasteiger partial charge on any atom is -0.323 e. The molecule has 0 spiro atoms. The Morgan fingerprint density at radius 1 is 1.43 bits per heavy atom. The number of anilines is 2. The maximum atomic E-state index is 12.1. The number of urea groups is 1. The lowest BCUT2D eigenvalue weighted by atomic mass is 10.0. The van der Waals surface area contributed by atoms with Crippen molar-refractivity contribution in [2.24, 2.45) is 5.73 Å². The Morgan fingerprint density at radius 3 is 2.96 bits per heavy atom. The fourth-order valence-electron chi connectivity index (χ4n) is 2.49. The standard InChI is InChI=1S/C15H17N5O2S/c1-19-7-10-4-3-9(5-12(10)20(2)15(19)22)11-8-23-14(17-11)18-13(21)6-16/h3-5,8H,6-7,16H2,1-2H3,(H,17,18,21). The highest BCUT2D eigenvalue weighted by atomic mass is 32.1. The van der Waals surface area contributed by atoms with Gasteiger partial charge in [-0.1, -0.05) is 12.1 Å². The van der Waals surface area contributed by atoms with Gasteiger partial charge in [0.2, 0.25) is 5.91 Å². The van der Waals surface area contributed by atoms with E-state index < -0.39 is 0 Å². The van der Waals surface area contributed by atoms with Gasteiger partial charge in [0.25, 0.3) is 0 Å². The Bertz CT molecular complexity index is 773. The number of nitrogens with zero attached hydrogens (tertiary/aromatic N) is 3. The lowest BCUT2D eigenvalue weighted by Gasteiger charge is -2.32. The third-order valence-corrected chi connectivity index (χ3v) is 4.46. The number of aromatic nitrogens is 1. The van der Waals surface area contributed by atoms with Crippen LogP contribution in [0, 0.1) is 0 Å². The molecular weight excluding hydrogens is 314 g/mol. The topological polar surface area (TPSA) is 91.6 Å². The maximum Gasteiger partial charge on any atom is 0.324 e. The van der Waals surface area contributed by atoms with Gasteiger partial charge in [0.05, 0.1) is 17.9 Å². The van der Waals surface area contributed by atoms with Crippen LogP contribution in [0.4, 0.5) is 15.6 Å². The van der Waals surface area contributed by atoms with Gasteiger partial charge in [-0.05, 0) is 11.6 Å². The van der Waals surface area contributed by atoms with E-state index in [1.165, 1.54) is 11.3 Å². The zero-order valence-electron chi connectivity index (χ0n) is 12.9. The smallest absolute Gasteiger partial charge is 0.323 e. The summed E-state index contributed by atoms with van der Waals surface area (Å²) in [6.45, 7) is 0.516. The van der Waals surface area contributed by atoms with Crippen molar-refractivity contribution in [1.82, 2.24) is 9.88 Å². The van der Waals surface area contributed by atoms with Gasteiger partial charge in [-0.2, -0.15) is 0 Å². The molecule has 2 aromatic rings. The second-order valence-electron chi connectivity index (χ2n) is 5.33. The lowest BCUT2D eigenvalue weighted by Crippen LogP contribution is -2.42. The van der Waals surface area contributed by atoms with Crippen molar-refractivity contribution in [3.8, 4) is 11.3 Å². The molecule has 0 atom stereocenters. The molecule has 1 aromatic heterocycles. The van der Waals surface area contributed by atoms with Gasteiger partial charge in [-0.3, -0.25) is 9.69 Å². The summed E-state index contributed by atoms with van der Waals surface area (Å²) in [6, 6.07) is 5.88. The average Bonchev–Trinajstić information content (AvgIpc) is 3.01. The van der Waals surface area contributed by atoms with E-state index in [2.05, 4.69) is 10.3 Å². The zero-order valence-corrected chi connectivity index (χ0v) is 13.7. The predicted molar refractivity (Wildman–Crippen MR) is 90.5 cm³/mol. The van der Waals surface area contributed by atoms with Gasteiger partial charge < -0.3 is 16.0 Å². The van der Waals surface area contributed by atoms with Crippen molar-refractivity contribution < 1.29 is 9.59 Å². The number of nitrogens with one attached hydrogen (secondary N) is 1. The van der Waals surface area contributed by atoms with Crippen LogP contribution in [-0.2, 0) is 11.3 Å². The van der Waals surface area contributed by atoms with Crippen molar-refractivity contribution >= 4 is 34.1 Å². The zero-order chi connectivity index (χ0) is 16.6. The lowest BCUT2D eigenvalue weighted by molar-refractivity contribution is -0.114. The molecule has 0 saturated heterocycles. The van der Waals surface area contributed by atoms with Crippen molar-refractivity contribution in [1.29, 1.82) is 0 Å². The van der Waals surface area contributed by atoms with Crippen LogP contribution in [0.25, 0.3) is 11.3 Å². The van der Waals surface area contributed by atoms with E-state index in [0.717, 1.165) is 22.5 Å². The van der Waals surface area contributed by atoms with Crippen LogP contribution in [0.15, 0.2) is 23.6 Å². The van der Waals surface area contributed by atoms with E-state index >= 15 is 0 Å². The summed E-state index contributed by atoms with van der Waals surface area (Å²) in [5.41, 5.74) is 8.90. The highest BCUT2D eigenvalue weighted by molar-refractivity contribution is 7.14. The van der Waals surface area contributed by atoms with Crippen molar-refractivity contribution in [2.45, 2.75) is 6.54 Å². The normalized spacial score (nSPS) is 14.0. The van der Waals surface area contributed by atoms with Crippen LogP contribution in [0.5, 0.6) is 0 Å². The van der Waals surface area contributed by atoms with Gasteiger partial charge in [-0.25, -0.2) is 9.78 Å². The summed E-state index contributed by atoms with van der Waals surface area (Å²) in [7, 11) is 3.54. The molecule has 1 aliphatic heterocycles. The van der Waals surface area contributed by atoms with Crippen LogP contribution < -0.4 is 16.0 Å². The monoisotopic (exact) mass is 331 g/mol. The molecule has 0 saturated carbocycles. The van der Waals surface area contributed by atoms with E-state index in [-0.39, 0.29) is 18.5 Å². The highest BCUT2D eigenvalue weighted by Crippen LogP contribution is 2.33. The molecule has 7 nitrogen and oxygen atoms in total. The van der Waals surface area contributed by atoms with Crippen LogP contribution in [-0.4, -0.2) is 42.5 Å². The molecule has 3 N–H and O–H groups in total. The average molecular weight is 331 g/mol. The van der Waals surface area contributed by atoms with Crippen LogP contribution in [0.3, 0.4) is 0 Å². The first-order valence-corrected chi connectivity index (χ1v) is 7.95. The SMILES string of the molecule is CN1Cc2ccc(-c3csc(NC(=O)CN)n3)cc2N(C)C1=O. The van der Waals surface area contributed by atoms with E-state index in [1.807, 2.05) is 23.6 Å². The summed E-state index contributed by atoms with van der Waals surface area (Å²) < 4.78 is 0. The number of thiazole rings is 1. The maximum absolute atomic E-state index is 12.1. The first kappa shape index (κ1) is 15.4. The molecule has 8 heteroatoms. The number of benzene rings is 1. The second-order valence-corrected chi connectivity index (χ2v) is 6.19. The summed E-state index contributed by atoms with van der Waals surface area (Å²) in [5.74, 6) is -0.273. The molecule has 0 aliphatic carbocycles. The number of carbonyl (C=O) groups excluding carboxylic acids is 2. The molecule has 0 bridgehead atoms. The summed E-state index contributed by atoms with van der Waals surface area (Å²) in [5, 5.41) is 5.02. The summed E-state index contributed by atoms with van der Waals surface area (Å²) in [4.78, 5) is 31.1. The number of carbonyl (C=O) groups is 2. The third kappa shape index (κ3) is 2.90. The van der Waals surface area contributed by atoms with Gasteiger partial charge in [-0.15, -0.1) is 11.3 Å². The Hall–Kier alpha value is -2.45. The van der Waals surface area contributed by atoms with E-state index in [9.17, 15) is 9.59 Å². The molecule has 1 aliphatic rings. The predicted octanol–water partition coefficient (Wildman–Crippen LogP) is 1.71. The number of fused-ring (bicyclic) bond motifs is 1. The Balaban J connectivity index is 1.90. The molecule has 23 heavy (non-hydrogen) atoms. The van der Waals surface area contributed by atoms with Crippen molar-refractivity contribution in [3.63, 3.8) is 0 Å². The van der Waals surface area contributed by atoms with E-state index in [1.54, 1.807) is 23.9 Å². The van der Waals surface area contributed by atoms with Crippen molar-refractivity contribution in [2.75, 3.05) is 30.9 Å². The molecule has 0 unspecified atom stereocenters. The van der Waals surface area contributed by atoms with Crippen molar-refractivity contribution in [3.05, 3.63) is 29.1 Å². The number of hydrogen-bond acceptors (Lipinski definition) is 5. The summed E-state index contributed by atoms with van der Waals surface area (Å²) in [6.07, 6.45) is 0. The third-order valence-electron chi connectivity index (χ3n) is 3.70. The molecular formula is C15H17N5O2S. The molecule has 1 aromatic carbocycles. The first-order chi connectivity index (χ1) is 11.0. The van der Waals surface area contributed by atoms with E-state index in [4.69, 9.17) is 5.73 Å². The molecule has 2 heterocycles. The van der Waals surface area contributed by atoms with Gasteiger partial charge in [0.1, 0.15) is 0 Å². The minimum atomic E-state index is -0.273. The Morgan fingerprint density at radius 2 is 2.22 bits per heavy atom. The largest absolute Gasteiger partial charge is 0.324 e. The summed E-state index contributed by atoms with van der Waals surface area (Å²) >= 11 is 1.34. The molecule has 0 radical (unpaired) electrons. The van der Waals surface area contributed by atoms with Crippen LogP contribution in [0.1, 0.15) is 5.56 Å². The number of amides is 3. The fourth-order valence-corrected chi connectivity index (χ4v) is 3.22. The molecule has 3 rings (SSSR count). The fraction of sp³-hybridized carbons (Fsp3) is 0.267. The Kier molecular flexibility index (Phi) is 4.01. The van der Waals surface area contributed by atoms with E-state index in [0.29, 0.717) is 11.7 Å². The highest BCUT2D eigenvalue weighted by Gasteiger charge is 2.25. The van der Waals surface area contributed by atoms with Gasteiger partial charge in [0, 0.05) is 31.6 Å². The first-order valence-electron chi connectivity index (χ1n) is 7.07. The van der Waals surface area contributed by atoms with Gasteiger partial charge >= 0.3 is 6.03 Å². The Labute approximate surface area is 137 Å². The van der Waals surface area contributed by atoms with Crippen LogP contribution >= 0.6 is 11.3 Å².